The summed E-state index contributed by atoms with van der Waals surface area (Å²) in [5.74, 6) is -1.58. The summed E-state index contributed by atoms with van der Waals surface area (Å²) >= 11 is 1.38. The maximum atomic E-state index is 12.8. The molecule has 4 atom stereocenters. The molecule has 0 saturated carbocycles. The molecule has 12 heteroatoms. The van der Waals surface area contributed by atoms with Gasteiger partial charge in [0.05, 0.1) is 6.61 Å². The molecule has 1 unspecified atom stereocenters. The van der Waals surface area contributed by atoms with E-state index in [4.69, 9.17) is 10.5 Å². The van der Waals surface area contributed by atoms with Crippen LogP contribution >= 0.6 is 24.2 Å². The van der Waals surface area contributed by atoms with Crippen molar-refractivity contribution in [2.75, 3.05) is 13.4 Å². The molecule has 2 aliphatic rings. The summed E-state index contributed by atoms with van der Waals surface area (Å²) < 4.78 is 13.6. The molecule has 3 N–H and O–H groups in total. The summed E-state index contributed by atoms with van der Waals surface area (Å²) in [7, 11) is 0. The highest BCUT2D eigenvalue weighted by Crippen LogP contribution is 2.51. The Morgan fingerprint density at radius 1 is 1.19 bits per heavy atom. The third-order valence-corrected chi connectivity index (χ3v) is 6.61. The molecule has 1 aromatic carbocycles. The molecular formula is C20H26ClN3O7S. The number of nitrogens with one attached hydrogen (secondary N) is 1. The van der Waals surface area contributed by atoms with Crippen LogP contribution in [0.3, 0.4) is 0 Å². The van der Waals surface area contributed by atoms with Gasteiger partial charge in [-0.3, -0.25) is 9.59 Å². The van der Waals surface area contributed by atoms with Gasteiger partial charge in [0.15, 0.2) is 0 Å². The van der Waals surface area contributed by atoms with Gasteiger partial charge in [-0.2, -0.15) is 0 Å². The van der Waals surface area contributed by atoms with Gasteiger partial charge in [-0.25, -0.2) is 9.59 Å². The van der Waals surface area contributed by atoms with Crippen molar-refractivity contribution < 1.29 is 33.4 Å². The number of halogens is 1. The number of hydrogen-bond donors (Lipinski definition) is 2. The van der Waals surface area contributed by atoms with Crippen molar-refractivity contribution in [2.45, 2.75) is 49.0 Å². The lowest BCUT2D eigenvalue weighted by molar-refractivity contribution is -0.170. The lowest BCUT2D eigenvalue weighted by atomic mass is 9.95. The number of β-lactam (4-membered cyclic amide) rings is 1. The van der Waals surface area contributed by atoms with E-state index in [1.165, 1.54) is 16.7 Å². The van der Waals surface area contributed by atoms with Crippen LogP contribution in [-0.4, -0.2) is 64.4 Å². The zero-order valence-corrected chi connectivity index (χ0v) is 19.4. The number of nitrogens with two attached hydrogens (primary N) is 1. The van der Waals surface area contributed by atoms with Crippen LogP contribution < -0.4 is 11.1 Å². The van der Waals surface area contributed by atoms with E-state index in [9.17, 15) is 19.2 Å². The van der Waals surface area contributed by atoms with Gasteiger partial charge in [0.25, 0.3) is 0 Å². The van der Waals surface area contributed by atoms with Gasteiger partial charge < -0.3 is 30.2 Å². The molecule has 0 bridgehead atoms. The number of fused-ring (bicyclic) bond motifs is 1. The molecule has 32 heavy (non-hydrogen) atoms. The Morgan fingerprint density at radius 3 is 2.47 bits per heavy atom. The molecular weight excluding hydrogens is 462 g/mol. The number of benzene rings is 1. The fraction of sp³-hybridized carbons (Fsp3) is 0.500. The predicted molar refractivity (Wildman–Crippen MR) is 118 cm³/mol. The van der Waals surface area contributed by atoms with Gasteiger partial charge >= 0.3 is 12.1 Å². The zero-order chi connectivity index (χ0) is 22.8. The third-order valence-electron chi connectivity index (χ3n) is 5.04. The maximum absolute atomic E-state index is 12.8. The summed E-state index contributed by atoms with van der Waals surface area (Å²) in [6.07, 6.45) is -0.953. The van der Waals surface area contributed by atoms with Crippen molar-refractivity contribution in [1.29, 1.82) is 0 Å². The number of amides is 2. The Bertz CT molecular complexity index is 870. The van der Waals surface area contributed by atoms with Crippen LogP contribution in [0.2, 0.25) is 0 Å². The highest BCUT2D eigenvalue weighted by molar-refractivity contribution is 8.01. The maximum Gasteiger partial charge on any atom is 0.511 e. The van der Waals surface area contributed by atoms with Crippen molar-refractivity contribution in [1.82, 2.24) is 10.2 Å². The van der Waals surface area contributed by atoms with Crippen LogP contribution in [0.15, 0.2) is 30.3 Å². The first-order chi connectivity index (χ1) is 14.7. The minimum Gasteiger partial charge on any atom is -0.435 e. The van der Waals surface area contributed by atoms with E-state index in [0.29, 0.717) is 5.56 Å². The number of esters is 1. The molecule has 3 rings (SSSR count). The van der Waals surface area contributed by atoms with Gasteiger partial charge in [0, 0.05) is 4.75 Å². The standard InChI is InChI=1S/C20H25N3O7S.ClH/c1-4-28-19(27)30-10-29-18(26)14-20(2,3)31-17-13(16(25)23(14)17)22-15(24)12(21)11-8-6-5-7-9-11;/h5-9,12-14,17H,4,10,21H2,1-3H3,(H,22,24);1H/t12?,13-,14+,17-;/m1./s1. The first kappa shape index (κ1) is 25.8. The molecule has 2 fully saturated rings. The van der Waals surface area contributed by atoms with Gasteiger partial charge in [-0.05, 0) is 26.3 Å². The number of carbonyl (C=O) groups is 4. The second-order valence-corrected chi connectivity index (χ2v) is 9.31. The van der Waals surface area contributed by atoms with Crippen LogP contribution in [0.25, 0.3) is 0 Å². The second kappa shape index (κ2) is 10.4. The lowest BCUT2D eigenvalue weighted by Crippen LogP contribution is -2.71. The van der Waals surface area contributed by atoms with Crippen LogP contribution in [0.5, 0.6) is 0 Å². The molecule has 0 aromatic heterocycles. The average molecular weight is 488 g/mol. The van der Waals surface area contributed by atoms with Gasteiger partial charge in [-0.1, -0.05) is 30.3 Å². The molecule has 2 saturated heterocycles. The zero-order valence-electron chi connectivity index (χ0n) is 17.8. The molecule has 176 valence electrons. The summed E-state index contributed by atoms with van der Waals surface area (Å²) in [6, 6.07) is 6.23. The average Bonchev–Trinajstić information content (AvgIpc) is 2.99. The van der Waals surface area contributed by atoms with E-state index in [2.05, 4.69) is 14.8 Å². The molecule has 10 nitrogen and oxygen atoms in total. The highest BCUT2D eigenvalue weighted by Gasteiger charge is 2.64. The summed E-state index contributed by atoms with van der Waals surface area (Å²) in [5, 5.41) is 2.26. The van der Waals surface area contributed by atoms with Crippen LogP contribution in [0, 0.1) is 0 Å². The SMILES string of the molecule is CCOC(=O)OCOC(=O)[C@@H]1N2C(=O)[C@@H](NC(=O)C(N)c3ccccc3)[C@H]2SC1(C)C.Cl. The fourth-order valence-corrected chi connectivity index (χ4v) is 5.18. The molecule has 0 aliphatic carbocycles. The van der Waals surface area contributed by atoms with Crippen molar-refractivity contribution in [3.05, 3.63) is 35.9 Å². The number of hydrogen-bond acceptors (Lipinski definition) is 9. The number of carbonyl (C=O) groups excluding carboxylic acids is 4. The number of thioether (sulfide) groups is 1. The minimum absolute atomic E-state index is 0. The predicted octanol–water partition coefficient (Wildman–Crippen LogP) is 1.33. The Morgan fingerprint density at radius 2 is 1.84 bits per heavy atom. The number of rotatable bonds is 7. The second-order valence-electron chi connectivity index (χ2n) is 7.54. The topological polar surface area (TPSA) is 137 Å². The molecule has 0 radical (unpaired) electrons. The van der Waals surface area contributed by atoms with Gasteiger partial charge in [0.2, 0.25) is 18.6 Å². The van der Waals surface area contributed by atoms with E-state index in [1.807, 2.05) is 6.07 Å². The Hall–Kier alpha value is -2.50. The highest BCUT2D eigenvalue weighted by atomic mass is 35.5. The van der Waals surface area contributed by atoms with E-state index >= 15 is 0 Å². The third kappa shape index (κ3) is 5.11. The summed E-state index contributed by atoms with van der Waals surface area (Å²) in [6.45, 7) is 4.73. The molecule has 2 amide bonds. The smallest absolute Gasteiger partial charge is 0.435 e. The Balaban J connectivity index is 0.00000363. The first-order valence-electron chi connectivity index (χ1n) is 9.74. The number of nitrogens with zero attached hydrogens (tertiary/aromatic N) is 1. The first-order valence-corrected chi connectivity index (χ1v) is 10.6. The monoisotopic (exact) mass is 487 g/mol. The fourth-order valence-electron chi connectivity index (χ4n) is 3.56. The quantitative estimate of drug-likeness (QED) is 0.331. The normalized spacial score (nSPS) is 23.7. The van der Waals surface area contributed by atoms with Crippen molar-refractivity contribution in [3.8, 4) is 0 Å². The van der Waals surface area contributed by atoms with Crippen LogP contribution in [0.4, 0.5) is 4.79 Å². The lowest BCUT2D eigenvalue weighted by Gasteiger charge is -2.44. The number of ether oxygens (including phenoxy) is 3. The van der Waals surface area contributed by atoms with E-state index < -0.39 is 59.0 Å². The van der Waals surface area contributed by atoms with Crippen molar-refractivity contribution in [3.63, 3.8) is 0 Å². The summed E-state index contributed by atoms with van der Waals surface area (Å²) in [4.78, 5) is 50.5. The largest absolute Gasteiger partial charge is 0.511 e. The van der Waals surface area contributed by atoms with Gasteiger partial charge in [-0.15, -0.1) is 24.2 Å². The van der Waals surface area contributed by atoms with E-state index in [1.54, 1.807) is 45.0 Å². The summed E-state index contributed by atoms with van der Waals surface area (Å²) in [5.41, 5.74) is 6.64. The minimum atomic E-state index is -0.953. The molecule has 2 aliphatic heterocycles. The Labute approximate surface area is 195 Å². The molecule has 1 aromatic rings. The van der Waals surface area contributed by atoms with Crippen molar-refractivity contribution in [2.24, 2.45) is 5.73 Å². The Kier molecular flexibility index (Phi) is 8.38. The van der Waals surface area contributed by atoms with Gasteiger partial charge in [0.1, 0.15) is 23.5 Å². The van der Waals surface area contributed by atoms with E-state index in [0.717, 1.165) is 0 Å². The van der Waals surface area contributed by atoms with Crippen LogP contribution in [-0.2, 0) is 28.6 Å². The van der Waals surface area contributed by atoms with Crippen molar-refractivity contribution >= 4 is 48.1 Å². The van der Waals surface area contributed by atoms with E-state index in [-0.39, 0.29) is 19.0 Å². The molecule has 0 spiro atoms. The van der Waals surface area contributed by atoms with Crippen LogP contribution in [0.1, 0.15) is 32.4 Å². The molecule has 2 heterocycles.